The molecule has 0 radical (unpaired) electrons. The quantitative estimate of drug-likeness (QED) is 0.753. The molecule has 3 aromatic rings. The van der Waals surface area contributed by atoms with Crippen molar-refractivity contribution in [1.29, 1.82) is 0 Å². The number of nitrogens with zero attached hydrogens (tertiary/aromatic N) is 3. The number of nitrogens with one attached hydrogen (secondary N) is 1. The lowest BCUT2D eigenvalue weighted by Gasteiger charge is -2.10. The average molecular weight is 354 g/mol. The van der Waals surface area contributed by atoms with Gasteiger partial charge in [-0.15, -0.1) is 0 Å². The Morgan fingerprint density at radius 2 is 1.85 bits per heavy atom. The zero-order chi connectivity index (χ0) is 18.8. The molecule has 0 aliphatic heterocycles. The van der Waals surface area contributed by atoms with E-state index in [1.807, 2.05) is 19.1 Å². The molecule has 2 heterocycles. The van der Waals surface area contributed by atoms with Crippen molar-refractivity contribution in [2.45, 2.75) is 6.92 Å². The summed E-state index contributed by atoms with van der Waals surface area (Å²) >= 11 is 0. The Balaban J connectivity index is 1.78. The van der Waals surface area contributed by atoms with Crippen molar-refractivity contribution in [2.24, 2.45) is 14.1 Å². The lowest BCUT2D eigenvalue weighted by molar-refractivity contribution is -0.118. The summed E-state index contributed by atoms with van der Waals surface area (Å²) in [7, 11) is 2.93. The standard InChI is InChI=1S/C18H18N4O4/c1-11-4-6-13(7-5-11)26-10-15(23)20-12-8-14-16(19-9-12)21(2)18(25)22(3)17(14)24/h4-9H,10H2,1-3H3,(H,20,23). The Kier molecular flexibility index (Phi) is 4.57. The minimum atomic E-state index is -0.470. The monoisotopic (exact) mass is 354 g/mol. The van der Waals surface area contributed by atoms with Gasteiger partial charge in [-0.25, -0.2) is 9.78 Å². The van der Waals surface area contributed by atoms with E-state index in [0.717, 1.165) is 10.1 Å². The fraction of sp³-hybridized carbons (Fsp3) is 0.222. The van der Waals surface area contributed by atoms with Crippen molar-refractivity contribution < 1.29 is 9.53 Å². The van der Waals surface area contributed by atoms with E-state index in [9.17, 15) is 14.4 Å². The van der Waals surface area contributed by atoms with Crippen LogP contribution >= 0.6 is 0 Å². The highest BCUT2D eigenvalue weighted by molar-refractivity contribution is 5.93. The first kappa shape index (κ1) is 17.4. The molecule has 0 spiro atoms. The summed E-state index contributed by atoms with van der Waals surface area (Å²) in [6.07, 6.45) is 1.39. The van der Waals surface area contributed by atoms with E-state index in [1.54, 1.807) is 12.1 Å². The van der Waals surface area contributed by atoms with Gasteiger partial charge < -0.3 is 10.1 Å². The number of rotatable bonds is 4. The van der Waals surface area contributed by atoms with Gasteiger partial charge in [-0.05, 0) is 25.1 Å². The van der Waals surface area contributed by atoms with Gasteiger partial charge in [0.05, 0.1) is 17.3 Å². The summed E-state index contributed by atoms with van der Waals surface area (Å²) < 4.78 is 7.69. The molecule has 3 rings (SSSR count). The molecule has 0 fully saturated rings. The number of benzene rings is 1. The normalized spacial score (nSPS) is 10.7. The zero-order valence-electron chi connectivity index (χ0n) is 14.6. The van der Waals surface area contributed by atoms with E-state index in [2.05, 4.69) is 10.3 Å². The number of anilines is 1. The van der Waals surface area contributed by atoms with Crippen molar-refractivity contribution >= 4 is 22.6 Å². The van der Waals surface area contributed by atoms with Crippen molar-refractivity contribution in [1.82, 2.24) is 14.1 Å². The molecule has 0 unspecified atom stereocenters. The smallest absolute Gasteiger partial charge is 0.332 e. The van der Waals surface area contributed by atoms with Crippen LogP contribution in [-0.4, -0.2) is 26.6 Å². The van der Waals surface area contributed by atoms with Crippen LogP contribution in [0, 0.1) is 6.92 Å². The number of aryl methyl sites for hydroxylation is 2. The number of hydrogen-bond donors (Lipinski definition) is 1. The number of hydrogen-bond acceptors (Lipinski definition) is 5. The first-order chi connectivity index (χ1) is 12.4. The molecule has 134 valence electrons. The second kappa shape index (κ2) is 6.83. The number of amides is 1. The summed E-state index contributed by atoms with van der Waals surface area (Å²) in [6.45, 7) is 1.79. The highest BCUT2D eigenvalue weighted by atomic mass is 16.5. The Morgan fingerprint density at radius 1 is 1.15 bits per heavy atom. The number of ether oxygens (including phenoxy) is 1. The third-order valence-electron chi connectivity index (χ3n) is 3.97. The lowest BCUT2D eigenvalue weighted by atomic mass is 10.2. The topological polar surface area (TPSA) is 95.2 Å². The summed E-state index contributed by atoms with van der Waals surface area (Å²) in [5, 5.41) is 2.88. The van der Waals surface area contributed by atoms with Crippen molar-refractivity contribution in [3.8, 4) is 5.75 Å². The minimum Gasteiger partial charge on any atom is -0.484 e. The van der Waals surface area contributed by atoms with Crippen LogP contribution in [0.4, 0.5) is 5.69 Å². The fourth-order valence-electron chi connectivity index (χ4n) is 2.51. The maximum absolute atomic E-state index is 12.2. The van der Waals surface area contributed by atoms with Gasteiger partial charge in [-0.2, -0.15) is 0 Å². The number of fused-ring (bicyclic) bond motifs is 1. The molecule has 0 bridgehead atoms. The van der Waals surface area contributed by atoms with Crippen LogP contribution < -0.4 is 21.3 Å². The van der Waals surface area contributed by atoms with Crippen molar-refractivity contribution in [3.63, 3.8) is 0 Å². The van der Waals surface area contributed by atoms with E-state index in [0.29, 0.717) is 11.4 Å². The van der Waals surface area contributed by atoms with E-state index < -0.39 is 11.2 Å². The SMILES string of the molecule is Cc1ccc(OCC(=O)Nc2cnc3c(c2)c(=O)n(C)c(=O)n3C)cc1. The predicted molar refractivity (Wildman–Crippen MR) is 97.5 cm³/mol. The molecule has 0 aliphatic rings. The van der Waals surface area contributed by atoms with Crippen LogP contribution in [0.15, 0.2) is 46.1 Å². The first-order valence-electron chi connectivity index (χ1n) is 7.92. The Morgan fingerprint density at radius 3 is 2.54 bits per heavy atom. The molecule has 2 aromatic heterocycles. The van der Waals surface area contributed by atoms with Crippen LogP contribution in [0.1, 0.15) is 5.56 Å². The Labute approximate surface area is 148 Å². The van der Waals surface area contributed by atoms with E-state index in [1.165, 1.54) is 30.9 Å². The molecular weight excluding hydrogens is 336 g/mol. The highest BCUT2D eigenvalue weighted by Crippen LogP contribution is 2.13. The van der Waals surface area contributed by atoms with Gasteiger partial charge in [0, 0.05) is 14.1 Å². The van der Waals surface area contributed by atoms with E-state index in [4.69, 9.17) is 4.74 Å². The first-order valence-corrected chi connectivity index (χ1v) is 7.92. The molecule has 1 N–H and O–H groups in total. The Hall–Kier alpha value is -3.42. The minimum absolute atomic E-state index is 0.174. The van der Waals surface area contributed by atoms with E-state index in [-0.39, 0.29) is 23.5 Å². The molecule has 0 saturated heterocycles. The third-order valence-corrected chi connectivity index (χ3v) is 3.97. The number of aromatic nitrogens is 3. The van der Waals surface area contributed by atoms with Gasteiger partial charge in [0.15, 0.2) is 6.61 Å². The van der Waals surface area contributed by atoms with Crippen molar-refractivity contribution in [2.75, 3.05) is 11.9 Å². The fourth-order valence-corrected chi connectivity index (χ4v) is 2.51. The predicted octanol–water partition coefficient (Wildman–Crippen LogP) is 0.958. The van der Waals surface area contributed by atoms with Crippen molar-refractivity contribution in [3.05, 3.63) is 62.9 Å². The van der Waals surface area contributed by atoms with Gasteiger partial charge in [-0.1, -0.05) is 17.7 Å². The second-order valence-corrected chi connectivity index (χ2v) is 5.95. The van der Waals surface area contributed by atoms with Crippen LogP contribution in [0.2, 0.25) is 0 Å². The zero-order valence-corrected chi connectivity index (χ0v) is 14.6. The molecule has 1 aromatic carbocycles. The molecule has 26 heavy (non-hydrogen) atoms. The number of pyridine rings is 1. The summed E-state index contributed by atoms with van der Waals surface area (Å²) in [5.74, 6) is 0.208. The van der Waals surface area contributed by atoms with E-state index >= 15 is 0 Å². The van der Waals surface area contributed by atoms with Gasteiger partial charge in [0.1, 0.15) is 11.4 Å². The molecule has 0 atom stereocenters. The van der Waals surface area contributed by atoms with Gasteiger partial charge in [-0.3, -0.25) is 18.7 Å². The van der Waals surface area contributed by atoms with Gasteiger partial charge >= 0.3 is 5.69 Å². The Bertz CT molecular complexity index is 1100. The summed E-state index contributed by atoms with van der Waals surface area (Å²) in [6, 6.07) is 8.84. The summed E-state index contributed by atoms with van der Waals surface area (Å²) in [5.41, 5.74) is 0.777. The van der Waals surface area contributed by atoms with Gasteiger partial charge in [0.25, 0.3) is 11.5 Å². The maximum Gasteiger partial charge on any atom is 0.332 e. The summed E-state index contributed by atoms with van der Waals surface area (Å²) in [4.78, 5) is 40.3. The van der Waals surface area contributed by atoms with Gasteiger partial charge in [0.2, 0.25) is 0 Å². The molecule has 8 nitrogen and oxygen atoms in total. The average Bonchev–Trinajstić information content (AvgIpc) is 2.64. The van der Waals surface area contributed by atoms with Crippen LogP contribution in [0.5, 0.6) is 5.75 Å². The number of carbonyl (C=O) groups is 1. The second-order valence-electron chi connectivity index (χ2n) is 5.95. The van der Waals surface area contributed by atoms with Crippen LogP contribution in [0.3, 0.4) is 0 Å². The van der Waals surface area contributed by atoms with Crippen LogP contribution in [0.25, 0.3) is 11.0 Å². The largest absolute Gasteiger partial charge is 0.484 e. The lowest BCUT2D eigenvalue weighted by Crippen LogP contribution is -2.37. The maximum atomic E-state index is 12.2. The molecule has 0 aliphatic carbocycles. The van der Waals surface area contributed by atoms with Crippen LogP contribution in [-0.2, 0) is 18.9 Å². The number of carbonyl (C=O) groups excluding carboxylic acids is 1. The molecule has 0 saturated carbocycles. The molecular formula is C18H18N4O4. The molecule has 1 amide bonds. The highest BCUT2D eigenvalue weighted by Gasteiger charge is 2.11. The third kappa shape index (κ3) is 3.34. The molecule has 8 heteroatoms.